The topological polar surface area (TPSA) is 34.2 Å². The van der Waals surface area contributed by atoms with Gasteiger partial charge in [0.1, 0.15) is 0 Å². The molecule has 0 aliphatic heterocycles. The van der Waals surface area contributed by atoms with Crippen molar-refractivity contribution in [2.75, 3.05) is 19.0 Å². The van der Waals surface area contributed by atoms with Crippen LogP contribution in [0.5, 0.6) is 5.75 Å². The van der Waals surface area contributed by atoms with E-state index in [9.17, 15) is 0 Å². The summed E-state index contributed by atoms with van der Waals surface area (Å²) < 4.78 is 5.98. The Hall–Kier alpha value is -1.03. The average Bonchev–Trinajstić information content (AvgIpc) is 2.15. The Bertz CT molecular complexity index is 301. The average molecular weight is 243 g/mol. The predicted octanol–water partition coefficient (Wildman–Crippen LogP) is 2.41. The first-order chi connectivity index (χ1) is 6.24. The third-order valence-corrected chi connectivity index (χ3v) is 1.72. The number of nitrogens with one attached hydrogen (secondary N) is 1. The van der Waals surface area contributed by atoms with Crippen molar-refractivity contribution in [1.82, 2.24) is 4.98 Å². The number of ether oxygens (including phenoxy) is 1. The van der Waals surface area contributed by atoms with Crippen LogP contribution in [0.3, 0.4) is 0 Å². The van der Waals surface area contributed by atoms with Crippen molar-refractivity contribution in [3.8, 4) is 5.75 Å². The molecule has 4 heteroatoms. The van der Waals surface area contributed by atoms with Crippen LogP contribution in [0.15, 0.2) is 29.4 Å². The van der Waals surface area contributed by atoms with Gasteiger partial charge in [0.05, 0.1) is 7.11 Å². The molecule has 1 N–H and O–H groups in total. The van der Waals surface area contributed by atoms with Crippen molar-refractivity contribution in [3.63, 3.8) is 0 Å². The summed E-state index contributed by atoms with van der Waals surface area (Å²) in [6.07, 6.45) is 1.71. The summed E-state index contributed by atoms with van der Waals surface area (Å²) in [5.74, 6) is 1.46. The number of pyridine rings is 1. The maximum absolute atomic E-state index is 5.11. The fraction of sp³-hybridized carbons (Fsp3) is 0.222. The molecule has 0 aromatic carbocycles. The molecule has 13 heavy (non-hydrogen) atoms. The summed E-state index contributed by atoms with van der Waals surface area (Å²) in [4.78, 5) is 4.12. The van der Waals surface area contributed by atoms with Crippen LogP contribution in [0.1, 0.15) is 0 Å². The fourth-order valence-corrected chi connectivity index (χ4v) is 1.01. The van der Waals surface area contributed by atoms with Crippen LogP contribution in [-0.2, 0) is 0 Å². The zero-order valence-corrected chi connectivity index (χ0v) is 8.97. The van der Waals surface area contributed by atoms with Crippen molar-refractivity contribution < 1.29 is 4.74 Å². The number of halogens is 1. The molecule has 0 spiro atoms. The Morgan fingerprint density at radius 1 is 1.77 bits per heavy atom. The zero-order chi connectivity index (χ0) is 9.68. The molecule has 0 atom stereocenters. The van der Waals surface area contributed by atoms with Crippen LogP contribution in [0.2, 0.25) is 0 Å². The SMILES string of the molecule is C=C(Br)CNc1ncccc1OC. The molecule has 0 saturated carbocycles. The van der Waals surface area contributed by atoms with Gasteiger partial charge >= 0.3 is 0 Å². The first kappa shape index (κ1) is 10.1. The molecular weight excluding hydrogens is 232 g/mol. The number of methoxy groups -OCH3 is 1. The fourth-order valence-electron chi connectivity index (χ4n) is 0.868. The monoisotopic (exact) mass is 242 g/mol. The standard InChI is InChI=1S/C9H11BrN2O/c1-7(10)6-12-9-8(13-2)4-3-5-11-9/h3-5H,1,6H2,2H3,(H,11,12). The summed E-state index contributed by atoms with van der Waals surface area (Å²) in [5.41, 5.74) is 0. The van der Waals surface area contributed by atoms with Crippen LogP contribution in [0, 0.1) is 0 Å². The van der Waals surface area contributed by atoms with E-state index in [1.165, 1.54) is 0 Å². The van der Waals surface area contributed by atoms with Crippen LogP contribution in [0.4, 0.5) is 5.82 Å². The van der Waals surface area contributed by atoms with Crippen molar-refractivity contribution >= 4 is 21.7 Å². The molecular formula is C9H11BrN2O. The molecule has 70 valence electrons. The van der Waals surface area contributed by atoms with Gasteiger partial charge < -0.3 is 10.1 Å². The summed E-state index contributed by atoms with van der Waals surface area (Å²) in [6.45, 7) is 4.34. The summed E-state index contributed by atoms with van der Waals surface area (Å²) in [5, 5.41) is 3.08. The molecule has 0 aliphatic carbocycles. The maximum atomic E-state index is 5.11. The molecule has 1 rings (SSSR count). The number of aromatic nitrogens is 1. The first-order valence-corrected chi connectivity index (χ1v) is 4.59. The second kappa shape index (κ2) is 4.87. The number of anilines is 1. The highest BCUT2D eigenvalue weighted by atomic mass is 79.9. The van der Waals surface area contributed by atoms with Crippen molar-refractivity contribution in [2.24, 2.45) is 0 Å². The Balaban J connectivity index is 2.69. The van der Waals surface area contributed by atoms with Gasteiger partial charge in [0.15, 0.2) is 11.6 Å². The molecule has 1 heterocycles. The van der Waals surface area contributed by atoms with Gasteiger partial charge in [-0.3, -0.25) is 0 Å². The van der Waals surface area contributed by atoms with E-state index in [0.29, 0.717) is 6.54 Å². The van der Waals surface area contributed by atoms with Crippen molar-refractivity contribution in [2.45, 2.75) is 0 Å². The maximum Gasteiger partial charge on any atom is 0.169 e. The number of rotatable bonds is 4. The van der Waals surface area contributed by atoms with Crippen molar-refractivity contribution in [1.29, 1.82) is 0 Å². The van der Waals surface area contributed by atoms with Gasteiger partial charge in [0, 0.05) is 17.2 Å². The van der Waals surface area contributed by atoms with E-state index in [2.05, 4.69) is 32.8 Å². The molecule has 1 aromatic rings. The van der Waals surface area contributed by atoms with E-state index in [0.717, 1.165) is 16.0 Å². The zero-order valence-electron chi connectivity index (χ0n) is 7.38. The minimum absolute atomic E-state index is 0.632. The lowest BCUT2D eigenvalue weighted by Crippen LogP contribution is -2.04. The highest BCUT2D eigenvalue weighted by molar-refractivity contribution is 9.11. The van der Waals surface area contributed by atoms with E-state index in [-0.39, 0.29) is 0 Å². The Labute approximate surface area is 86.0 Å². The molecule has 0 fully saturated rings. The van der Waals surface area contributed by atoms with Gasteiger partial charge in [-0.05, 0) is 12.1 Å². The van der Waals surface area contributed by atoms with Crippen LogP contribution >= 0.6 is 15.9 Å². The van der Waals surface area contributed by atoms with E-state index in [4.69, 9.17) is 4.74 Å². The van der Waals surface area contributed by atoms with E-state index in [1.54, 1.807) is 13.3 Å². The lowest BCUT2D eigenvalue weighted by Gasteiger charge is -2.08. The minimum Gasteiger partial charge on any atom is -0.493 e. The molecule has 0 saturated heterocycles. The third-order valence-electron chi connectivity index (χ3n) is 1.44. The highest BCUT2D eigenvalue weighted by Gasteiger charge is 2.01. The number of nitrogens with zero attached hydrogens (tertiary/aromatic N) is 1. The second-order valence-electron chi connectivity index (χ2n) is 2.43. The van der Waals surface area contributed by atoms with Gasteiger partial charge in [0.25, 0.3) is 0 Å². The van der Waals surface area contributed by atoms with Gasteiger partial charge in [-0.1, -0.05) is 22.5 Å². The smallest absolute Gasteiger partial charge is 0.169 e. The molecule has 0 amide bonds. The molecule has 0 unspecified atom stereocenters. The van der Waals surface area contributed by atoms with E-state index < -0.39 is 0 Å². The number of hydrogen-bond acceptors (Lipinski definition) is 3. The largest absolute Gasteiger partial charge is 0.493 e. The first-order valence-electron chi connectivity index (χ1n) is 3.80. The van der Waals surface area contributed by atoms with Gasteiger partial charge in [-0.2, -0.15) is 0 Å². The van der Waals surface area contributed by atoms with Gasteiger partial charge in [-0.25, -0.2) is 4.98 Å². The predicted molar refractivity (Wildman–Crippen MR) is 57.3 cm³/mol. The van der Waals surface area contributed by atoms with Gasteiger partial charge in [0.2, 0.25) is 0 Å². The van der Waals surface area contributed by atoms with Crippen molar-refractivity contribution in [3.05, 3.63) is 29.4 Å². The normalized spacial score (nSPS) is 9.38. The van der Waals surface area contributed by atoms with Crippen LogP contribution < -0.4 is 10.1 Å². The Kier molecular flexibility index (Phi) is 3.76. The van der Waals surface area contributed by atoms with Crippen LogP contribution in [0.25, 0.3) is 0 Å². The third kappa shape index (κ3) is 3.06. The quantitative estimate of drug-likeness (QED) is 0.881. The van der Waals surface area contributed by atoms with E-state index >= 15 is 0 Å². The summed E-state index contributed by atoms with van der Waals surface area (Å²) in [6, 6.07) is 3.68. The number of hydrogen-bond donors (Lipinski definition) is 1. The Morgan fingerprint density at radius 2 is 2.54 bits per heavy atom. The molecule has 0 radical (unpaired) electrons. The minimum atomic E-state index is 0.632. The molecule has 0 bridgehead atoms. The highest BCUT2D eigenvalue weighted by Crippen LogP contribution is 2.20. The van der Waals surface area contributed by atoms with E-state index in [1.807, 2.05) is 12.1 Å². The van der Waals surface area contributed by atoms with Crippen LogP contribution in [-0.4, -0.2) is 18.6 Å². The molecule has 3 nitrogen and oxygen atoms in total. The lowest BCUT2D eigenvalue weighted by molar-refractivity contribution is 0.415. The van der Waals surface area contributed by atoms with Gasteiger partial charge in [-0.15, -0.1) is 0 Å². The molecule has 1 aromatic heterocycles. The Morgan fingerprint density at radius 3 is 3.15 bits per heavy atom. The summed E-state index contributed by atoms with van der Waals surface area (Å²) >= 11 is 3.25. The lowest BCUT2D eigenvalue weighted by atomic mass is 10.4. The second-order valence-corrected chi connectivity index (χ2v) is 3.55. The summed E-state index contributed by atoms with van der Waals surface area (Å²) in [7, 11) is 1.62. The molecule has 0 aliphatic rings.